The van der Waals surface area contributed by atoms with E-state index in [0.717, 1.165) is 25.0 Å². The first kappa shape index (κ1) is 15.3. The van der Waals surface area contributed by atoms with Crippen LogP contribution in [-0.4, -0.2) is 17.3 Å². The van der Waals surface area contributed by atoms with Crippen molar-refractivity contribution in [2.24, 2.45) is 0 Å². The summed E-state index contributed by atoms with van der Waals surface area (Å²) in [5, 5.41) is 12.5. The van der Waals surface area contributed by atoms with Crippen LogP contribution in [0, 0.1) is 5.82 Å². The first-order valence-electron chi connectivity index (χ1n) is 6.63. The maximum absolute atomic E-state index is 13.1. The summed E-state index contributed by atoms with van der Waals surface area (Å²) >= 11 is 0. The largest absolute Gasteiger partial charge is 0.419 e. The Morgan fingerprint density at radius 2 is 1.80 bits per heavy atom. The fourth-order valence-corrected chi connectivity index (χ4v) is 2.44. The van der Waals surface area contributed by atoms with E-state index in [9.17, 15) is 22.7 Å². The van der Waals surface area contributed by atoms with Gasteiger partial charge in [0.2, 0.25) is 0 Å². The highest BCUT2D eigenvalue weighted by Gasteiger charge is 2.34. The Labute approximate surface area is 114 Å². The van der Waals surface area contributed by atoms with E-state index in [1.165, 1.54) is 6.07 Å². The summed E-state index contributed by atoms with van der Waals surface area (Å²) in [6.45, 7) is 0.268. The second-order valence-corrected chi connectivity index (χ2v) is 5.20. The molecule has 1 saturated carbocycles. The van der Waals surface area contributed by atoms with Gasteiger partial charge in [-0.05, 0) is 43.4 Å². The molecule has 6 heteroatoms. The van der Waals surface area contributed by atoms with Gasteiger partial charge < -0.3 is 10.4 Å². The number of aliphatic hydroxyl groups excluding tert-OH is 1. The molecule has 0 radical (unpaired) electrons. The van der Waals surface area contributed by atoms with Gasteiger partial charge in [-0.15, -0.1) is 0 Å². The molecule has 112 valence electrons. The molecule has 20 heavy (non-hydrogen) atoms. The summed E-state index contributed by atoms with van der Waals surface area (Å²) in [7, 11) is 0. The molecule has 0 unspecified atom stereocenters. The van der Waals surface area contributed by atoms with Gasteiger partial charge in [0.05, 0.1) is 11.7 Å². The van der Waals surface area contributed by atoms with E-state index in [1.807, 2.05) is 0 Å². The van der Waals surface area contributed by atoms with E-state index in [4.69, 9.17) is 0 Å². The molecule has 1 aliphatic rings. The van der Waals surface area contributed by atoms with E-state index in [0.29, 0.717) is 18.4 Å². The van der Waals surface area contributed by atoms with E-state index in [-0.39, 0.29) is 18.7 Å². The first-order valence-corrected chi connectivity index (χ1v) is 6.63. The fraction of sp³-hybridized carbons (Fsp3) is 0.571. The van der Waals surface area contributed by atoms with Crippen LogP contribution in [0.4, 0.5) is 17.6 Å². The summed E-state index contributed by atoms with van der Waals surface area (Å²) in [5.74, 6) is -1.25. The van der Waals surface area contributed by atoms with Gasteiger partial charge in [0.1, 0.15) is 5.82 Å². The number of hydrogen-bond donors (Lipinski definition) is 2. The first-order chi connectivity index (χ1) is 9.36. The molecule has 1 aliphatic carbocycles. The molecule has 1 fully saturated rings. The zero-order chi connectivity index (χ0) is 14.8. The molecule has 0 atom stereocenters. The Balaban J connectivity index is 1.96. The third-order valence-corrected chi connectivity index (χ3v) is 3.63. The molecule has 1 aromatic carbocycles. The van der Waals surface area contributed by atoms with Gasteiger partial charge in [0, 0.05) is 12.6 Å². The Hall–Kier alpha value is -1.14. The van der Waals surface area contributed by atoms with Crippen LogP contribution in [0.3, 0.4) is 0 Å². The number of alkyl halides is 3. The van der Waals surface area contributed by atoms with Crippen LogP contribution in [0.1, 0.15) is 36.8 Å². The number of aliphatic hydroxyl groups is 1. The van der Waals surface area contributed by atoms with Crippen LogP contribution in [0.25, 0.3) is 0 Å². The predicted molar refractivity (Wildman–Crippen MR) is 66.5 cm³/mol. The van der Waals surface area contributed by atoms with Gasteiger partial charge in [0.15, 0.2) is 0 Å². The monoisotopic (exact) mass is 291 g/mol. The van der Waals surface area contributed by atoms with Crippen molar-refractivity contribution in [3.63, 3.8) is 0 Å². The number of rotatable bonds is 3. The normalized spacial score (nSPS) is 23.9. The van der Waals surface area contributed by atoms with E-state index in [1.54, 1.807) is 0 Å². The molecule has 2 N–H and O–H groups in total. The predicted octanol–water partition coefficient (Wildman–Crippen LogP) is 3.24. The lowest BCUT2D eigenvalue weighted by Gasteiger charge is -2.26. The quantitative estimate of drug-likeness (QED) is 0.838. The zero-order valence-corrected chi connectivity index (χ0v) is 10.9. The highest BCUT2D eigenvalue weighted by molar-refractivity contribution is 5.27. The topological polar surface area (TPSA) is 32.3 Å². The van der Waals surface area contributed by atoms with Crippen molar-refractivity contribution in [2.45, 2.75) is 50.6 Å². The van der Waals surface area contributed by atoms with Gasteiger partial charge in [-0.1, -0.05) is 6.07 Å². The fourth-order valence-electron chi connectivity index (χ4n) is 2.44. The minimum Gasteiger partial charge on any atom is -0.393 e. The van der Waals surface area contributed by atoms with Gasteiger partial charge in [-0.3, -0.25) is 0 Å². The van der Waals surface area contributed by atoms with Gasteiger partial charge in [0.25, 0.3) is 0 Å². The number of benzene rings is 1. The highest BCUT2D eigenvalue weighted by atomic mass is 19.4. The smallest absolute Gasteiger partial charge is 0.393 e. The van der Waals surface area contributed by atoms with Gasteiger partial charge in [-0.2, -0.15) is 13.2 Å². The van der Waals surface area contributed by atoms with Gasteiger partial charge in [-0.25, -0.2) is 4.39 Å². The second-order valence-electron chi connectivity index (χ2n) is 5.20. The lowest BCUT2D eigenvalue weighted by Crippen LogP contribution is -2.34. The number of halogens is 4. The maximum atomic E-state index is 13.1. The molecular weight excluding hydrogens is 274 g/mol. The van der Waals surface area contributed by atoms with Crippen molar-refractivity contribution in [1.29, 1.82) is 0 Å². The lowest BCUT2D eigenvalue weighted by atomic mass is 9.93. The molecule has 0 aliphatic heterocycles. The van der Waals surface area contributed by atoms with E-state index in [2.05, 4.69) is 5.32 Å². The van der Waals surface area contributed by atoms with Crippen molar-refractivity contribution in [3.05, 3.63) is 35.1 Å². The van der Waals surface area contributed by atoms with Crippen molar-refractivity contribution in [1.82, 2.24) is 5.32 Å². The molecule has 2 rings (SSSR count). The maximum Gasteiger partial charge on any atom is 0.419 e. The summed E-state index contributed by atoms with van der Waals surface area (Å²) in [6, 6.07) is 3.25. The van der Waals surface area contributed by atoms with Crippen LogP contribution < -0.4 is 5.32 Å². The van der Waals surface area contributed by atoms with Gasteiger partial charge >= 0.3 is 6.18 Å². The average molecular weight is 291 g/mol. The Morgan fingerprint density at radius 1 is 1.15 bits per heavy atom. The SMILES string of the molecule is OC1CCC(NCc2ccc(F)c(C(F)(F)F)c2)CC1. The Kier molecular flexibility index (Phi) is 4.65. The summed E-state index contributed by atoms with van der Waals surface area (Å²) in [4.78, 5) is 0. The third-order valence-electron chi connectivity index (χ3n) is 3.63. The molecule has 1 aromatic rings. The van der Waals surface area contributed by atoms with Crippen LogP contribution in [0.15, 0.2) is 18.2 Å². The van der Waals surface area contributed by atoms with Crippen molar-refractivity contribution in [3.8, 4) is 0 Å². The Bertz CT molecular complexity index is 453. The van der Waals surface area contributed by atoms with E-state index >= 15 is 0 Å². The standard InChI is InChI=1S/C14H17F4NO/c15-13-6-1-9(7-12(13)14(16,17)18)8-19-10-2-4-11(20)5-3-10/h1,6-7,10-11,19-20H,2-5,8H2. The lowest BCUT2D eigenvalue weighted by molar-refractivity contribution is -0.140. The molecule has 0 spiro atoms. The molecule has 0 saturated heterocycles. The average Bonchev–Trinajstić information content (AvgIpc) is 2.38. The highest BCUT2D eigenvalue weighted by Crippen LogP contribution is 2.32. The zero-order valence-electron chi connectivity index (χ0n) is 10.9. The minimum absolute atomic E-state index is 0.192. The Morgan fingerprint density at radius 3 is 2.40 bits per heavy atom. The summed E-state index contributed by atoms with van der Waals surface area (Å²) in [6.07, 6.45) is -1.93. The van der Waals surface area contributed by atoms with Crippen molar-refractivity contribution in [2.75, 3.05) is 0 Å². The second kappa shape index (κ2) is 6.10. The summed E-state index contributed by atoms with van der Waals surface area (Å²) < 4.78 is 50.9. The molecule has 0 amide bonds. The van der Waals surface area contributed by atoms with Crippen LogP contribution >= 0.6 is 0 Å². The third kappa shape index (κ3) is 3.93. The van der Waals surface area contributed by atoms with Crippen LogP contribution in [-0.2, 0) is 12.7 Å². The van der Waals surface area contributed by atoms with E-state index < -0.39 is 17.6 Å². The van der Waals surface area contributed by atoms with Crippen molar-refractivity contribution >= 4 is 0 Å². The van der Waals surface area contributed by atoms with Crippen LogP contribution in [0.5, 0.6) is 0 Å². The van der Waals surface area contributed by atoms with Crippen molar-refractivity contribution < 1.29 is 22.7 Å². The molecular formula is C14H17F4NO. The molecule has 0 bridgehead atoms. The summed E-state index contributed by atoms with van der Waals surface area (Å²) in [5.41, 5.74) is -0.819. The number of hydrogen-bond acceptors (Lipinski definition) is 2. The molecule has 0 aromatic heterocycles. The minimum atomic E-state index is -4.67. The molecule has 0 heterocycles. The molecule has 2 nitrogen and oxygen atoms in total. The van der Waals surface area contributed by atoms with Crippen LogP contribution in [0.2, 0.25) is 0 Å². The number of nitrogens with one attached hydrogen (secondary N) is 1.